The van der Waals surface area contributed by atoms with Gasteiger partial charge < -0.3 is 15.3 Å². The molecule has 150 valence electrons. The van der Waals surface area contributed by atoms with Crippen LogP contribution in [0.2, 0.25) is 0 Å². The summed E-state index contributed by atoms with van der Waals surface area (Å²) in [6.45, 7) is 2.22. The molecule has 0 bridgehead atoms. The molecule has 26 heavy (non-hydrogen) atoms. The SMILES string of the molecule is CCCCCCC=CCC[C@@H]1[C@@H](CC=CCCCC(=O)O)[C@@H](O)C[C@H]1O. The molecule has 0 unspecified atom stereocenters. The van der Waals surface area contributed by atoms with Crippen LogP contribution in [0.15, 0.2) is 24.3 Å². The highest BCUT2D eigenvalue weighted by molar-refractivity contribution is 5.66. The number of hydrogen-bond acceptors (Lipinski definition) is 3. The van der Waals surface area contributed by atoms with Gasteiger partial charge in [-0.2, -0.15) is 0 Å². The molecule has 0 radical (unpaired) electrons. The largest absolute Gasteiger partial charge is 0.481 e. The predicted octanol–water partition coefficient (Wildman–Crippen LogP) is 4.85. The molecule has 4 nitrogen and oxygen atoms in total. The molecule has 1 aliphatic rings. The average Bonchev–Trinajstić information content (AvgIpc) is 2.86. The minimum Gasteiger partial charge on any atom is -0.481 e. The van der Waals surface area contributed by atoms with Crippen molar-refractivity contribution in [1.29, 1.82) is 0 Å². The van der Waals surface area contributed by atoms with Gasteiger partial charge in [0.1, 0.15) is 0 Å². The van der Waals surface area contributed by atoms with Gasteiger partial charge >= 0.3 is 5.97 Å². The summed E-state index contributed by atoms with van der Waals surface area (Å²) in [5.74, 6) is -0.497. The van der Waals surface area contributed by atoms with E-state index in [0.717, 1.165) is 32.1 Å². The minimum atomic E-state index is -0.758. The molecule has 0 aliphatic heterocycles. The van der Waals surface area contributed by atoms with Crippen LogP contribution in [0.4, 0.5) is 0 Å². The molecule has 1 saturated carbocycles. The first-order chi connectivity index (χ1) is 12.6. The summed E-state index contributed by atoms with van der Waals surface area (Å²) in [6.07, 6.45) is 18.7. The maximum atomic E-state index is 10.5. The van der Waals surface area contributed by atoms with Gasteiger partial charge in [0.25, 0.3) is 0 Å². The second-order valence-corrected chi connectivity index (χ2v) is 7.59. The highest BCUT2D eigenvalue weighted by Gasteiger charge is 2.40. The fourth-order valence-electron chi connectivity index (χ4n) is 3.86. The Morgan fingerprint density at radius 3 is 2.27 bits per heavy atom. The van der Waals surface area contributed by atoms with Crippen molar-refractivity contribution in [2.24, 2.45) is 11.8 Å². The summed E-state index contributed by atoms with van der Waals surface area (Å²) < 4.78 is 0. The molecule has 3 N–H and O–H groups in total. The molecular formula is C22H38O4. The number of carboxylic acids is 1. The van der Waals surface area contributed by atoms with Gasteiger partial charge in [-0.1, -0.05) is 50.5 Å². The van der Waals surface area contributed by atoms with Crippen LogP contribution < -0.4 is 0 Å². The van der Waals surface area contributed by atoms with Gasteiger partial charge in [-0.15, -0.1) is 0 Å². The van der Waals surface area contributed by atoms with E-state index in [0.29, 0.717) is 12.8 Å². The molecule has 0 spiro atoms. The topological polar surface area (TPSA) is 77.8 Å². The Balaban J connectivity index is 2.29. The quantitative estimate of drug-likeness (QED) is 0.303. The van der Waals surface area contributed by atoms with E-state index in [4.69, 9.17) is 5.11 Å². The predicted molar refractivity (Wildman–Crippen MR) is 106 cm³/mol. The number of carboxylic acid groups (broad SMARTS) is 1. The first-order valence-corrected chi connectivity index (χ1v) is 10.4. The fraction of sp³-hybridized carbons (Fsp3) is 0.773. The number of rotatable bonds is 14. The molecule has 0 aromatic rings. The fourth-order valence-corrected chi connectivity index (χ4v) is 3.86. The van der Waals surface area contributed by atoms with E-state index in [9.17, 15) is 15.0 Å². The standard InChI is InChI=1S/C22H38O4/c1-2-3-4-5-6-7-8-11-14-18-19(21(24)17-20(18)23)15-12-9-10-13-16-22(25)26/h7-9,12,18-21,23-24H,2-6,10-11,13-17H2,1H3,(H,25,26)/t18-,19-,20-,21+/m1/s1. The van der Waals surface area contributed by atoms with Crippen LogP contribution in [0, 0.1) is 11.8 Å². The molecule has 0 aromatic heterocycles. The lowest BCUT2D eigenvalue weighted by molar-refractivity contribution is -0.137. The smallest absolute Gasteiger partial charge is 0.303 e. The molecule has 0 saturated heterocycles. The van der Waals surface area contributed by atoms with Crippen molar-refractivity contribution in [3.8, 4) is 0 Å². The van der Waals surface area contributed by atoms with Gasteiger partial charge in [0.2, 0.25) is 0 Å². The number of carbonyl (C=O) groups is 1. The zero-order chi connectivity index (χ0) is 19.2. The van der Waals surface area contributed by atoms with Crippen LogP contribution >= 0.6 is 0 Å². The number of aliphatic hydroxyl groups excluding tert-OH is 2. The van der Waals surface area contributed by atoms with Crippen LogP contribution in [0.1, 0.15) is 84.0 Å². The lowest BCUT2D eigenvalue weighted by Gasteiger charge is -2.21. The summed E-state index contributed by atoms with van der Waals surface area (Å²) in [5.41, 5.74) is 0. The molecule has 1 fully saturated rings. The molecule has 1 rings (SSSR count). The highest BCUT2D eigenvalue weighted by Crippen LogP contribution is 2.38. The van der Waals surface area contributed by atoms with Gasteiger partial charge in [-0.3, -0.25) is 4.79 Å². The van der Waals surface area contributed by atoms with E-state index >= 15 is 0 Å². The van der Waals surface area contributed by atoms with E-state index in [1.807, 2.05) is 12.2 Å². The summed E-state index contributed by atoms with van der Waals surface area (Å²) >= 11 is 0. The van der Waals surface area contributed by atoms with Crippen molar-refractivity contribution in [1.82, 2.24) is 0 Å². The van der Waals surface area contributed by atoms with Crippen molar-refractivity contribution in [3.63, 3.8) is 0 Å². The van der Waals surface area contributed by atoms with Crippen molar-refractivity contribution in [2.45, 2.75) is 96.2 Å². The maximum Gasteiger partial charge on any atom is 0.303 e. The summed E-state index contributed by atoms with van der Waals surface area (Å²) in [4.78, 5) is 10.5. The van der Waals surface area contributed by atoms with Crippen molar-refractivity contribution < 1.29 is 20.1 Å². The number of aliphatic hydroxyl groups is 2. The van der Waals surface area contributed by atoms with Crippen molar-refractivity contribution in [2.75, 3.05) is 0 Å². The van der Waals surface area contributed by atoms with Gasteiger partial charge in [0.15, 0.2) is 0 Å². The summed E-state index contributed by atoms with van der Waals surface area (Å²) in [7, 11) is 0. The first kappa shape index (κ1) is 22.9. The van der Waals surface area contributed by atoms with Gasteiger partial charge in [0.05, 0.1) is 12.2 Å². The monoisotopic (exact) mass is 366 g/mol. The van der Waals surface area contributed by atoms with Gasteiger partial charge in [-0.25, -0.2) is 0 Å². The van der Waals surface area contributed by atoms with E-state index in [2.05, 4.69) is 19.1 Å². The number of aliphatic carboxylic acids is 1. The maximum absolute atomic E-state index is 10.5. The van der Waals surface area contributed by atoms with E-state index in [1.54, 1.807) is 0 Å². The van der Waals surface area contributed by atoms with Crippen LogP contribution in [-0.4, -0.2) is 33.5 Å². The van der Waals surface area contributed by atoms with Gasteiger partial charge in [-0.05, 0) is 63.2 Å². The molecule has 0 aromatic carbocycles. The summed E-state index contributed by atoms with van der Waals surface area (Å²) in [6, 6.07) is 0. The third kappa shape index (κ3) is 9.54. The zero-order valence-electron chi connectivity index (χ0n) is 16.4. The molecule has 1 aliphatic carbocycles. The van der Waals surface area contributed by atoms with E-state index in [1.165, 1.54) is 25.7 Å². The van der Waals surface area contributed by atoms with Gasteiger partial charge in [0, 0.05) is 6.42 Å². The second kappa shape index (κ2) is 14.0. The third-order valence-corrected chi connectivity index (χ3v) is 5.42. The Morgan fingerprint density at radius 2 is 1.54 bits per heavy atom. The number of hydrogen-bond donors (Lipinski definition) is 3. The first-order valence-electron chi connectivity index (χ1n) is 10.4. The molecule has 4 atom stereocenters. The lowest BCUT2D eigenvalue weighted by atomic mass is 9.87. The third-order valence-electron chi connectivity index (χ3n) is 5.42. The van der Waals surface area contributed by atoms with E-state index < -0.39 is 18.2 Å². The number of allylic oxidation sites excluding steroid dienone is 4. The zero-order valence-corrected chi connectivity index (χ0v) is 16.4. The average molecular weight is 367 g/mol. The van der Waals surface area contributed by atoms with Crippen LogP contribution in [0.3, 0.4) is 0 Å². The Kier molecular flexibility index (Phi) is 12.3. The Bertz CT molecular complexity index is 430. The number of unbranched alkanes of at least 4 members (excludes halogenated alkanes) is 5. The van der Waals surface area contributed by atoms with Crippen LogP contribution in [-0.2, 0) is 4.79 Å². The van der Waals surface area contributed by atoms with Crippen LogP contribution in [0.5, 0.6) is 0 Å². The Hall–Kier alpha value is -1.13. The molecule has 4 heteroatoms. The van der Waals surface area contributed by atoms with Crippen LogP contribution in [0.25, 0.3) is 0 Å². The highest BCUT2D eigenvalue weighted by atomic mass is 16.4. The van der Waals surface area contributed by atoms with E-state index in [-0.39, 0.29) is 18.3 Å². The lowest BCUT2D eigenvalue weighted by Crippen LogP contribution is -2.21. The second-order valence-electron chi connectivity index (χ2n) is 7.59. The Morgan fingerprint density at radius 1 is 0.885 bits per heavy atom. The molecule has 0 amide bonds. The van der Waals surface area contributed by atoms with Crippen molar-refractivity contribution in [3.05, 3.63) is 24.3 Å². The molecular weight excluding hydrogens is 328 g/mol. The summed E-state index contributed by atoms with van der Waals surface area (Å²) in [5, 5.41) is 29.1. The molecule has 0 heterocycles. The minimum absolute atomic E-state index is 0.110. The normalized spacial score (nSPS) is 26.3. The van der Waals surface area contributed by atoms with Crippen molar-refractivity contribution >= 4 is 5.97 Å². The Labute approximate surface area is 159 Å².